The van der Waals surface area contributed by atoms with Gasteiger partial charge < -0.3 is 14.2 Å². The normalized spacial score (nSPS) is 12.5. The molecule has 4 rings (SSSR count). The Balaban J connectivity index is 1.45. The number of rotatable bonds is 4. The number of para-hydroxylation sites is 1. The molecule has 24 heavy (non-hydrogen) atoms. The number of benzene rings is 2. The Hall–Kier alpha value is -2.80. The van der Waals surface area contributed by atoms with Crippen molar-refractivity contribution in [2.45, 2.75) is 13.2 Å². The molecule has 122 valence electrons. The first-order valence-electron chi connectivity index (χ1n) is 7.33. The highest BCUT2D eigenvalue weighted by molar-refractivity contribution is 7.16. The summed E-state index contributed by atoms with van der Waals surface area (Å²) < 4.78 is 18.1. The largest absolute Gasteiger partial charge is 0.459 e. The Kier molecular flexibility index (Phi) is 3.70. The first-order chi connectivity index (χ1) is 11.7. The number of ether oxygens (including phenoxy) is 3. The van der Waals surface area contributed by atoms with Crippen molar-refractivity contribution in [2.75, 3.05) is 6.79 Å². The fraction of sp³-hybridized carbons (Fsp3) is 0.176. The number of carbonyl (C=O) groups is 1. The number of esters is 1. The van der Waals surface area contributed by atoms with Crippen LogP contribution in [0.1, 0.15) is 5.56 Å². The van der Waals surface area contributed by atoms with Crippen LogP contribution in [-0.4, -0.2) is 17.3 Å². The number of hydrogen-bond acceptors (Lipinski definition) is 6. The molecule has 0 saturated carbocycles. The van der Waals surface area contributed by atoms with E-state index in [1.54, 1.807) is 12.1 Å². The van der Waals surface area contributed by atoms with Crippen LogP contribution >= 0.6 is 11.3 Å². The van der Waals surface area contributed by atoms with Gasteiger partial charge in [0.2, 0.25) is 6.79 Å². The van der Waals surface area contributed by atoms with E-state index in [1.807, 2.05) is 30.3 Å². The Morgan fingerprint density at radius 3 is 2.92 bits per heavy atom. The third kappa shape index (κ3) is 2.74. The molecule has 0 bridgehead atoms. The first kappa shape index (κ1) is 14.8. The molecule has 0 fully saturated rings. The van der Waals surface area contributed by atoms with Gasteiger partial charge in [-0.2, -0.15) is 0 Å². The second-order valence-corrected chi connectivity index (χ2v) is 6.26. The van der Waals surface area contributed by atoms with Crippen LogP contribution in [0.3, 0.4) is 0 Å². The van der Waals surface area contributed by atoms with Crippen molar-refractivity contribution in [1.82, 2.24) is 4.57 Å². The molecular formula is C17H13NO5S. The Bertz CT molecular complexity index is 975. The van der Waals surface area contributed by atoms with Gasteiger partial charge in [-0.05, 0) is 29.8 Å². The van der Waals surface area contributed by atoms with Crippen LogP contribution in [0, 0.1) is 0 Å². The lowest BCUT2D eigenvalue weighted by atomic mass is 10.2. The molecule has 0 N–H and O–H groups in total. The van der Waals surface area contributed by atoms with Gasteiger partial charge >= 0.3 is 10.8 Å². The molecule has 0 amide bonds. The highest BCUT2D eigenvalue weighted by atomic mass is 32.1. The fourth-order valence-electron chi connectivity index (χ4n) is 2.53. The van der Waals surface area contributed by atoms with Gasteiger partial charge in [-0.15, -0.1) is 0 Å². The highest BCUT2D eigenvalue weighted by Crippen LogP contribution is 2.32. The Labute approximate surface area is 140 Å². The number of fused-ring (bicyclic) bond motifs is 2. The summed E-state index contributed by atoms with van der Waals surface area (Å²) in [5.74, 6) is 0.864. The van der Waals surface area contributed by atoms with Crippen molar-refractivity contribution in [3.63, 3.8) is 0 Å². The van der Waals surface area contributed by atoms with E-state index in [-0.39, 0.29) is 24.8 Å². The third-order valence-corrected chi connectivity index (χ3v) is 4.66. The lowest BCUT2D eigenvalue weighted by molar-refractivity contribution is -0.145. The van der Waals surface area contributed by atoms with E-state index in [9.17, 15) is 9.59 Å². The number of nitrogens with zero attached hydrogens (tertiary/aromatic N) is 1. The zero-order chi connectivity index (χ0) is 16.5. The van der Waals surface area contributed by atoms with Crippen molar-refractivity contribution >= 4 is 27.5 Å². The first-order valence-corrected chi connectivity index (χ1v) is 8.15. The molecule has 0 spiro atoms. The maximum atomic E-state index is 12.1. The maximum Gasteiger partial charge on any atom is 0.326 e. The molecule has 1 aliphatic heterocycles. The number of carbonyl (C=O) groups excluding carboxylic acids is 1. The minimum absolute atomic E-state index is 0.104. The molecule has 0 radical (unpaired) electrons. The van der Waals surface area contributed by atoms with E-state index >= 15 is 0 Å². The smallest absolute Gasteiger partial charge is 0.326 e. The molecule has 7 heteroatoms. The topological polar surface area (TPSA) is 66.8 Å². The van der Waals surface area contributed by atoms with Crippen molar-refractivity contribution in [1.29, 1.82) is 0 Å². The minimum atomic E-state index is -0.460. The van der Waals surface area contributed by atoms with Gasteiger partial charge in [0.25, 0.3) is 0 Å². The van der Waals surface area contributed by atoms with Crippen LogP contribution in [0.25, 0.3) is 10.2 Å². The predicted molar refractivity (Wildman–Crippen MR) is 88.4 cm³/mol. The molecule has 0 aliphatic carbocycles. The van der Waals surface area contributed by atoms with Gasteiger partial charge in [-0.3, -0.25) is 14.2 Å². The fourth-order valence-corrected chi connectivity index (χ4v) is 3.42. The SMILES string of the molecule is O=C(Cn1c(=O)sc2ccccc21)OCc1ccc2c(c1)OCO2. The van der Waals surface area contributed by atoms with E-state index in [0.717, 1.165) is 27.1 Å². The molecule has 0 unspecified atom stereocenters. The summed E-state index contributed by atoms with van der Waals surface area (Å²) >= 11 is 1.12. The average Bonchev–Trinajstić information content (AvgIpc) is 3.17. The summed E-state index contributed by atoms with van der Waals surface area (Å²) in [7, 11) is 0. The molecule has 1 aromatic heterocycles. The summed E-state index contributed by atoms with van der Waals surface area (Å²) in [4.78, 5) is 23.9. The zero-order valence-corrected chi connectivity index (χ0v) is 13.4. The Morgan fingerprint density at radius 1 is 1.17 bits per heavy atom. The van der Waals surface area contributed by atoms with Crippen LogP contribution in [-0.2, 0) is 22.7 Å². The van der Waals surface area contributed by atoms with Crippen molar-refractivity contribution < 1.29 is 19.0 Å². The van der Waals surface area contributed by atoms with Gasteiger partial charge in [-0.25, -0.2) is 0 Å². The lowest BCUT2D eigenvalue weighted by Crippen LogP contribution is -2.20. The number of thiazole rings is 1. The van der Waals surface area contributed by atoms with E-state index in [4.69, 9.17) is 14.2 Å². The summed E-state index contributed by atoms with van der Waals surface area (Å²) in [6.07, 6.45) is 0. The second-order valence-electron chi connectivity index (χ2n) is 5.27. The molecular weight excluding hydrogens is 330 g/mol. The van der Waals surface area contributed by atoms with E-state index in [2.05, 4.69) is 0 Å². The Morgan fingerprint density at radius 2 is 2.00 bits per heavy atom. The quantitative estimate of drug-likeness (QED) is 0.681. The van der Waals surface area contributed by atoms with Crippen LogP contribution in [0.5, 0.6) is 11.5 Å². The minimum Gasteiger partial charge on any atom is -0.459 e. The van der Waals surface area contributed by atoms with Crippen LogP contribution in [0.15, 0.2) is 47.3 Å². The zero-order valence-electron chi connectivity index (χ0n) is 12.6. The van der Waals surface area contributed by atoms with Gasteiger partial charge in [-0.1, -0.05) is 29.5 Å². The molecule has 6 nitrogen and oxygen atoms in total. The molecule has 2 heterocycles. The number of hydrogen-bond donors (Lipinski definition) is 0. The summed E-state index contributed by atoms with van der Waals surface area (Å²) in [6.45, 7) is 0.215. The van der Waals surface area contributed by atoms with Gasteiger partial charge in [0.05, 0.1) is 10.2 Å². The predicted octanol–water partition coefficient (Wildman–Crippen LogP) is 2.54. The van der Waals surface area contributed by atoms with Gasteiger partial charge in [0.15, 0.2) is 11.5 Å². The van der Waals surface area contributed by atoms with Crippen LogP contribution < -0.4 is 14.3 Å². The van der Waals surface area contributed by atoms with Crippen molar-refractivity contribution in [3.8, 4) is 11.5 Å². The van der Waals surface area contributed by atoms with E-state index in [1.165, 1.54) is 4.57 Å². The molecule has 0 saturated heterocycles. The molecule has 2 aromatic carbocycles. The average molecular weight is 343 g/mol. The second kappa shape index (κ2) is 6.01. The third-order valence-electron chi connectivity index (χ3n) is 3.70. The van der Waals surface area contributed by atoms with E-state index in [0.29, 0.717) is 11.5 Å². The summed E-state index contributed by atoms with van der Waals surface area (Å²) in [5, 5.41) is 0. The lowest BCUT2D eigenvalue weighted by Gasteiger charge is -2.07. The van der Waals surface area contributed by atoms with Crippen LogP contribution in [0.4, 0.5) is 0 Å². The summed E-state index contributed by atoms with van der Waals surface area (Å²) in [6, 6.07) is 12.7. The number of aromatic nitrogens is 1. The van der Waals surface area contributed by atoms with Crippen molar-refractivity contribution in [2.24, 2.45) is 0 Å². The van der Waals surface area contributed by atoms with Gasteiger partial charge in [0.1, 0.15) is 13.2 Å². The molecule has 0 atom stereocenters. The summed E-state index contributed by atoms with van der Waals surface area (Å²) in [5.41, 5.74) is 1.54. The van der Waals surface area contributed by atoms with Crippen LogP contribution in [0.2, 0.25) is 0 Å². The van der Waals surface area contributed by atoms with Gasteiger partial charge in [0, 0.05) is 0 Å². The monoisotopic (exact) mass is 343 g/mol. The molecule has 1 aliphatic rings. The standard InChI is InChI=1S/C17H13NO5S/c19-16(8-18-12-3-1-2-4-15(12)24-17(18)20)21-9-11-5-6-13-14(7-11)23-10-22-13/h1-7H,8-10H2. The van der Waals surface area contributed by atoms with E-state index < -0.39 is 5.97 Å². The van der Waals surface area contributed by atoms with Crippen molar-refractivity contribution in [3.05, 3.63) is 57.7 Å². The molecule has 3 aromatic rings. The maximum absolute atomic E-state index is 12.1. The highest BCUT2D eigenvalue weighted by Gasteiger charge is 2.15.